The highest BCUT2D eigenvalue weighted by atomic mass is 32.2. The molecule has 0 radical (unpaired) electrons. The Hall–Kier alpha value is -1.38. The number of aliphatic imine (C=N–C) groups is 2. The zero-order valence-electron chi connectivity index (χ0n) is 13.3. The second-order valence-corrected chi connectivity index (χ2v) is 5.97. The molecule has 8 heteroatoms. The lowest BCUT2D eigenvalue weighted by atomic mass is 10.1. The maximum Gasteiger partial charge on any atom is 0.183 e. The van der Waals surface area contributed by atoms with E-state index in [4.69, 9.17) is 10.5 Å². The normalized spacial score (nSPS) is 11.6. The summed E-state index contributed by atoms with van der Waals surface area (Å²) < 4.78 is 0. The van der Waals surface area contributed by atoms with E-state index in [9.17, 15) is 0 Å². The van der Waals surface area contributed by atoms with E-state index in [0.717, 1.165) is 38.8 Å². The van der Waals surface area contributed by atoms with Gasteiger partial charge in [-0.3, -0.25) is 20.6 Å². The number of amidine groups is 2. The third-order valence-corrected chi connectivity index (χ3v) is 4.03. The fourth-order valence-electron chi connectivity index (χ4n) is 1.70. The van der Waals surface area contributed by atoms with Gasteiger partial charge in [0.15, 0.2) is 22.7 Å². The van der Waals surface area contributed by atoms with E-state index in [1.165, 1.54) is 36.4 Å². The van der Waals surface area contributed by atoms with E-state index in [0.29, 0.717) is 10.3 Å². The van der Waals surface area contributed by atoms with Crippen LogP contribution in [0.1, 0.15) is 38.5 Å². The zero-order valence-corrected chi connectivity index (χ0v) is 14.9. The molecular weight excluding hydrogens is 316 g/mol. The van der Waals surface area contributed by atoms with Crippen LogP contribution in [0.25, 0.3) is 0 Å². The number of hydrogen-bond donors (Lipinski definition) is 2. The molecule has 0 saturated heterocycles. The minimum Gasteiger partial charge on any atom is -0.272 e. The van der Waals surface area contributed by atoms with Gasteiger partial charge in [-0.1, -0.05) is 49.2 Å². The Labute approximate surface area is 141 Å². The monoisotopic (exact) mass is 340 g/mol. The summed E-state index contributed by atoms with van der Waals surface area (Å²) in [5, 5.41) is 23.5. The molecule has 0 aliphatic carbocycles. The van der Waals surface area contributed by atoms with Gasteiger partial charge in [0.05, 0.1) is 0 Å². The molecule has 0 aromatic heterocycles. The lowest BCUT2D eigenvalue weighted by Crippen LogP contribution is -2.13. The molecule has 0 rings (SSSR count). The molecule has 0 bridgehead atoms. The van der Waals surface area contributed by atoms with Gasteiger partial charge < -0.3 is 0 Å². The molecule has 2 N–H and O–H groups in total. The average Bonchev–Trinajstić information content (AvgIpc) is 2.54. The number of nitrogens with one attached hydrogen (secondary N) is 2. The van der Waals surface area contributed by atoms with Crippen LogP contribution in [0.15, 0.2) is 9.98 Å². The highest BCUT2D eigenvalue weighted by Gasteiger charge is 1.96. The Bertz CT molecular complexity index is 382. The summed E-state index contributed by atoms with van der Waals surface area (Å²) in [6, 6.07) is 0. The molecule has 122 valence electrons. The molecule has 0 unspecified atom stereocenters. The van der Waals surface area contributed by atoms with Gasteiger partial charge in [-0.2, -0.15) is 10.5 Å². The van der Waals surface area contributed by atoms with Crippen molar-refractivity contribution in [2.75, 3.05) is 25.6 Å². The number of unbranched alkanes of at least 4 members (excludes halogenated alkanes) is 5. The molecule has 0 spiro atoms. The van der Waals surface area contributed by atoms with Crippen LogP contribution in [-0.2, 0) is 0 Å². The summed E-state index contributed by atoms with van der Waals surface area (Å²) in [7, 11) is 0. The molecule has 0 heterocycles. The summed E-state index contributed by atoms with van der Waals surface area (Å²) in [5.74, 6) is 0. The summed E-state index contributed by atoms with van der Waals surface area (Å²) in [6.45, 7) is 1.54. The number of rotatable bonds is 9. The van der Waals surface area contributed by atoms with E-state index in [2.05, 4.69) is 20.6 Å². The van der Waals surface area contributed by atoms with Crippen LogP contribution in [0.2, 0.25) is 0 Å². The Balaban J connectivity index is 3.52. The minimum absolute atomic E-state index is 0.691. The van der Waals surface area contributed by atoms with Crippen LogP contribution in [0.4, 0.5) is 0 Å². The van der Waals surface area contributed by atoms with Crippen molar-refractivity contribution in [2.45, 2.75) is 38.5 Å². The number of hydrogen-bond acceptors (Lipinski definition) is 6. The summed E-state index contributed by atoms with van der Waals surface area (Å²) >= 11 is 2.91. The van der Waals surface area contributed by atoms with Crippen molar-refractivity contribution in [3.8, 4) is 12.4 Å². The fourth-order valence-corrected chi connectivity index (χ4v) is 2.43. The molecular formula is C14H24N6S2. The highest BCUT2D eigenvalue weighted by Crippen LogP contribution is 2.07. The quantitative estimate of drug-likeness (QED) is 0.220. The Kier molecular flexibility index (Phi) is 15.0. The lowest BCUT2D eigenvalue weighted by Gasteiger charge is -2.02. The number of nitriles is 2. The van der Waals surface area contributed by atoms with Gasteiger partial charge in [-0.05, 0) is 25.4 Å². The molecule has 0 aromatic carbocycles. The average molecular weight is 341 g/mol. The van der Waals surface area contributed by atoms with Crippen LogP contribution < -0.4 is 10.6 Å². The molecule has 0 aliphatic heterocycles. The molecule has 6 nitrogen and oxygen atoms in total. The summed E-state index contributed by atoms with van der Waals surface area (Å²) in [6.07, 6.45) is 14.4. The van der Waals surface area contributed by atoms with E-state index in [-0.39, 0.29) is 0 Å². The van der Waals surface area contributed by atoms with E-state index in [1.54, 1.807) is 0 Å². The number of nitrogens with zero attached hydrogens (tertiary/aromatic N) is 4. The second kappa shape index (κ2) is 16.0. The molecule has 0 aromatic rings. The third-order valence-electron chi connectivity index (χ3n) is 2.79. The maximum atomic E-state index is 8.51. The summed E-state index contributed by atoms with van der Waals surface area (Å²) in [5.41, 5.74) is 0. The molecule has 0 fully saturated rings. The third kappa shape index (κ3) is 12.4. The van der Waals surface area contributed by atoms with Crippen molar-refractivity contribution in [2.24, 2.45) is 9.98 Å². The standard InChI is InChI=1S/C14H24N6S2/c1-21-13(19-11-15)17-9-7-5-3-4-6-8-10-18-14(22-2)20-12-16/h3-10H2,1-2H3,(H,17,19)(H,18,20). The molecule has 0 atom stereocenters. The largest absolute Gasteiger partial charge is 0.272 e. The summed E-state index contributed by atoms with van der Waals surface area (Å²) in [4.78, 5) is 8.64. The van der Waals surface area contributed by atoms with Gasteiger partial charge in [-0.15, -0.1) is 0 Å². The van der Waals surface area contributed by atoms with Crippen molar-refractivity contribution in [1.82, 2.24) is 10.6 Å². The molecule has 22 heavy (non-hydrogen) atoms. The Morgan fingerprint density at radius 1 is 0.773 bits per heavy atom. The first-order valence-corrected chi connectivity index (χ1v) is 9.70. The number of thioether (sulfide) groups is 2. The Morgan fingerprint density at radius 2 is 1.14 bits per heavy atom. The SMILES string of the molecule is CSC(=NCCCCCCCCN=C(NC#N)SC)NC#N. The topological polar surface area (TPSA) is 96.4 Å². The fraction of sp³-hybridized carbons (Fsp3) is 0.714. The van der Waals surface area contributed by atoms with Gasteiger partial charge in [0.1, 0.15) is 0 Å². The van der Waals surface area contributed by atoms with Crippen LogP contribution in [0.3, 0.4) is 0 Å². The Morgan fingerprint density at radius 3 is 1.45 bits per heavy atom. The van der Waals surface area contributed by atoms with E-state index < -0.39 is 0 Å². The van der Waals surface area contributed by atoms with Gasteiger partial charge >= 0.3 is 0 Å². The van der Waals surface area contributed by atoms with E-state index >= 15 is 0 Å². The molecule has 0 aliphatic rings. The first-order valence-electron chi connectivity index (χ1n) is 7.25. The van der Waals surface area contributed by atoms with Gasteiger partial charge in [0.25, 0.3) is 0 Å². The lowest BCUT2D eigenvalue weighted by molar-refractivity contribution is 0.602. The van der Waals surface area contributed by atoms with Crippen LogP contribution in [0, 0.1) is 22.9 Å². The van der Waals surface area contributed by atoms with Crippen molar-refractivity contribution >= 4 is 33.9 Å². The molecule has 0 amide bonds. The van der Waals surface area contributed by atoms with Gasteiger partial charge in [0.2, 0.25) is 0 Å². The highest BCUT2D eigenvalue weighted by molar-refractivity contribution is 8.13. The van der Waals surface area contributed by atoms with Crippen LogP contribution >= 0.6 is 23.5 Å². The zero-order chi connectivity index (χ0) is 16.5. The maximum absolute atomic E-state index is 8.51. The van der Waals surface area contributed by atoms with Crippen molar-refractivity contribution in [1.29, 1.82) is 10.5 Å². The minimum atomic E-state index is 0.691. The van der Waals surface area contributed by atoms with Crippen molar-refractivity contribution in [3.05, 3.63) is 0 Å². The van der Waals surface area contributed by atoms with E-state index in [1.807, 2.05) is 24.9 Å². The van der Waals surface area contributed by atoms with Crippen molar-refractivity contribution < 1.29 is 0 Å². The predicted molar refractivity (Wildman–Crippen MR) is 96.8 cm³/mol. The van der Waals surface area contributed by atoms with Gasteiger partial charge in [-0.25, -0.2) is 0 Å². The van der Waals surface area contributed by atoms with Crippen molar-refractivity contribution in [3.63, 3.8) is 0 Å². The van der Waals surface area contributed by atoms with Crippen LogP contribution in [0.5, 0.6) is 0 Å². The van der Waals surface area contributed by atoms with Crippen LogP contribution in [-0.4, -0.2) is 35.9 Å². The second-order valence-electron chi connectivity index (χ2n) is 4.38. The van der Waals surface area contributed by atoms with Gasteiger partial charge in [0, 0.05) is 13.1 Å². The smallest absolute Gasteiger partial charge is 0.183 e. The first-order chi connectivity index (χ1) is 10.8. The first kappa shape index (κ1) is 20.6. The predicted octanol–water partition coefficient (Wildman–Crippen LogP) is 2.91. The molecule has 0 saturated carbocycles.